The second-order valence-corrected chi connectivity index (χ2v) is 7.82. The average molecular weight is 409 g/mol. The van der Waals surface area contributed by atoms with Gasteiger partial charge in [-0.25, -0.2) is 0 Å². The largest absolute Gasteiger partial charge is 0.465 e. The van der Waals surface area contributed by atoms with Crippen molar-refractivity contribution in [3.05, 3.63) is 54.5 Å². The minimum Gasteiger partial charge on any atom is -0.465 e. The molecule has 1 aliphatic heterocycles. The first-order chi connectivity index (χ1) is 14.3. The van der Waals surface area contributed by atoms with Gasteiger partial charge in [-0.05, 0) is 36.8 Å². The van der Waals surface area contributed by atoms with Gasteiger partial charge in [-0.1, -0.05) is 56.1 Å². The van der Waals surface area contributed by atoms with E-state index in [1.54, 1.807) is 18.0 Å². The van der Waals surface area contributed by atoms with Gasteiger partial charge >= 0.3 is 0 Å². The summed E-state index contributed by atoms with van der Waals surface area (Å²) in [5, 5.41) is 12.8. The number of thioether (sulfide) groups is 1. The maximum atomic E-state index is 6.16. The van der Waals surface area contributed by atoms with Crippen molar-refractivity contribution in [1.29, 1.82) is 0 Å². The summed E-state index contributed by atoms with van der Waals surface area (Å²) in [5.41, 5.74) is 2.50. The lowest BCUT2D eigenvalue weighted by atomic mass is 10.1. The Morgan fingerprint density at radius 1 is 1.10 bits per heavy atom. The van der Waals surface area contributed by atoms with Gasteiger partial charge in [0.05, 0.1) is 6.26 Å². The van der Waals surface area contributed by atoms with E-state index >= 15 is 0 Å². The smallest absolute Gasteiger partial charge is 0.247 e. The highest BCUT2D eigenvalue weighted by Gasteiger charge is 2.23. The standard InChI is InChI=1S/C22H24N4O2S/c1-2-3-4-7-15-29-22-24-21-20(25-26-22)17-10-5-6-11-18(17)23-19(28-21)13-12-16-9-8-14-27-16/h5-6,8-14,19,23H,2-4,7,15H2,1H3/b13-12+/t19-/m1/s1. The highest BCUT2D eigenvalue weighted by Crippen LogP contribution is 2.36. The van der Waals surface area contributed by atoms with Crippen molar-refractivity contribution in [1.82, 2.24) is 15.2 Å². The molecule has 1 atom stereocenters. The molecule has 0 aliphatic carbocycles. The van der Waals surface area contributed by atoms with Gasteiger partial charge in [0.25, 0.3) is 0 Å². The van der Waals surface area contributed by atoms with Crippen molar-refractivity contribution in [3.8, 4) is 17.1 Å². The van der Waals surface area contributed by atoms with Crippen molar-refractivity contribution in [2.24, 2.45) is 0 Å². The number of para-hydroxylation sites is 1. The number of fused-ring (bicyclic) bond motifs is 3. The second-order valence-electron chi connectivity index (χ2n) is 6.76. The van der Waals surface area contributed by atoms with E-state index in [9.17, 15) is 0 Å². The van der Waals surface area contributed by atoms with E-state index in [4.69, 9.17) is 9.15 Å². The molecule has 6 nitrogen and oxygen atoms in total. The van der Waals surface area contributed by atoms with E-state index in [2.05, 4.69) is 27.4 Å². The number of hydrogen-bond acceptors (Lipinski definition) is 7. The molecule has 4 rings (SSSR count). The molecule has 0 radical (unpaired) electrons. The topological polar surface area (TPSA) is 73.1 Å². The molecule has 0 saturated heterocycles. The van der Waals surface area contributed by atoms with Crippen LogP contribution in [0.1, 0.15) is 38.4 Å². The number of ether oxygens (including phenoxy) is 1. The van der Waals surface area contributed by atoms with Crippen LogP contribution in [0.2, 0.25) is 0 Å². The van der Waals surface area contributed by atoms with Gasteiger partial charge < -0.3 is 14.5 Å². The van der Waals surface area contributed by atoms with Crippen molar-refractivity contribution >= 4 is 23.5 Å². The van der Waals surface area contributed by atoms with E-state index in [0.29, 0.717) is 16.7 Å². The van der Waals surface area contributed by atoms with Gasteiger partial charge in [-0.2, -0.15) is 4.98 Å². The van der Waals surface area contributed by atoms with Crippen LogP contribution in [0.25, 0.3) is 17.3 Å². The molecule has 29 heavy (non-hydrogen) atoms. The van der Waals surface area contributed by atoms with Crippen LogP contribution in [0.3, 0.4) is 0 Å². The van der Waals surface area contributed by atoms with E-state index in [-0.39, 0.29) is 0 Å². The Hall–Kier alpha value is -2.80. The van der Waals surface area contributed by atoms with Crippen LogP contribution in [0, 0.1) is 0 Å². The molecule has 0 amide bonds. The summed E-state index contributed by atoms with van der Waals surface area (Å²) in [4.78, 5) is 4.65. The fourth-order valence-corrected chi connectivity index (χ4v) is 3.85. The van der Waals surface area contributed by atoms with Crippen molar-refractivity contribution < 1.29 is 9.15 Å². The number of anilines is 1. The first kappa shape index (κ1) is 19.5. The van der Waals surface area contributed by atoms with Gasteiger partial charge in [0.1, 0.15) is 5.76 Å². The number of benzene rings is 1. The Kier molecular flexibility index (Phi) is 6.46. The molecular formula is C22H24N4O2S. The maximum Gasteiger partial charge on any atom is 0.247 e. The highest BCUT2D eigenvalue weighted by atomic mass is 32.2. The molecule has 1 aromatic carbocycles. The summed E-state index contributed by atoms with van der Waals surface area (Å²) in [7, 11) is 0. The van der Waals surface area contributed by atoms with Crippen molar-refractivity contribution in [3.63, 3.8) is 0 Å². The van der Waals surface area contributed by atoms with Crippen LogP contribution in [0.15, 0.2) is 58.3 Å². The van der Waals surface area contributed by atoms with E-state index in [0.717, 1.165) is 29.2 Å². The van der Waals surface area contributed by atoms with Crippen LogP contribution in [0.4, 0.5) is 5.69 Å². The Morgan fingerprint density at radius 3 is 2.90 bits per heavy atom. The summed E-state index contributed by atoms with van der Waals surface area (Å²) < 4.78 is 11.5. The molecule has 0 bridgehead atoms. The molecule has 0 saturated carbocycles. The van der Waals surface area contributed by atoms with Crippen LogP contribution in [-0.4, -0.2) is 27.2 Å². The zero-order chi connectivity index (χ0) is 19.9. The maximum absolute atomic E-state index is 6.16. The third-order valence-electron chi connectivity index (χ3n) is 4.56. The van der Waals surface area contributed by atoms with E-state index < -0.39 is 6.23 Å². The fraction of sp³-hybridized carbons (Fsp3) is 0.318. The fourth-order valence-electron chi connectivity index (χ4n) is 3.08. The lowest BCUT2D eigenvalue weighted by Gasteiger charge is -2.15. The van der Waals surface area contributed by atoms with Gasteiger partial charge in [0.2, 0.25) is 11.0 Å². The zero-order valence-corrected chi connectivity index (χ0v) is 17.2. The minimum atomic E-state index is -0.401. The first-order valence-electron chi connectivity index (χ1n) is 9.95. The Bertz CT molecular complexity index is 959. The number of hydrogen-bond donors (Lipinski definition) is 1. The normalized spacial score (nSPS) is 15.3. The van der Waals surface area contributed by atoms with Gasteiger partial charge in [-0.3, -0.25) is 0 Å². The highest BCUT2D eigenvalue weighted by molar-refractivity contribution is 7.99. The van der Waals surface area contributed by atoms with Gasteiger partial charge in [-0.15, -0.1) is 10.2 Å². The van der Waals surface area contributed by atoms with E-state index in [1.165, 1.54) is 19.3 Å². The molecule has 2 aromatic heterocycles. The lowest BCUT2D eigenvalue weighted by Crippen LogP contribution is -2.23. The van der Waals surface area contributed by atoms with Crippen molar-refractivity contribution in [2.75, 3.05) is 11.1 Å². The lowest BCUT2D eigenvalue weighted by molar-refractivity contribution is 0.266. The molecule has 150 valence electrons. The molecule has 0 unspecified atom stereocenters. The molecule has 0 spiro atoms. The van der Waals surface area contributed by atoms with Crippen molar-refractivity contribution in [2.45, 2.75) is 44.0 Å². The summed E-state index contributed by atoms with van der Waals surface area (Å²) in [6.07, 6.45) is 9.91. The van der Waals surface area contributed by atoms with E-state index in [1.807, 2.05) is 48.6 Å². The quantitative estimate of drug-likeness (QED) is 0.381. The predicted molar refractivity (Wildman–Crippen MR) is 116 cm³/mol. The predicted octanol–water partition coefficient (Wildman–Crippen LogP) is 5.65. The van der Waals surface area contributed by atoms with Crippen LogP contribution in [0.5, 0.6) is 5.88 Å². The molecule has 7 heteroatoms. The minimum absolute atomic E-state index is 0.401. The Morgan fingerprint density at radius 2 is 2.03 bits per heavy atom. The molecule has 1 N–H and O–H groups in total. The second kappa shape index (κ2) is 9.60. The number of nitrogens with zero attached hydrogens (tertiary/aromatic N) is 3. The monoisotopic (exact) mass is 408 g/mol. The number of nitrogens with one attached hydrogen (secondary N) is 1. The Labute approximate surface area is 174 Å². The number of unbranched alkanes of at least 4 members (excludes halogenated alkanes) is 3. The van der Waals surface area contributed by atoms with Crippen LogP contribution in [-0.2, 0) is 0 Å². The zero-order valence-electron chi connectivity index (χ0n) is 16.4. The summed E-state index contributed by atoms with van der Waals surface area (Å²) in [5.74, 6) is 2.23. The number of furan rings is 1. The molecule has 0 fully saturated rings. The molecular weight excluding hydrogens is 384 g/mol. The Balaban J connectivity index is 1.56. The van der Waals surface area contributed by atoms with Gasteiger partial charge in [0, 0.05) is 17.0 Å². The summed E-state index contributed by atoms with van der Waals surface area (Å²) in [6, 6.07) is 11.7. The summed E-state index contributed by atoms with van der Waals surface area (Å²) >= 11 is 1.63. The number of rotatable bonds is 8. The van der Waals surface area contributed by atoms with Crippen LogP contribution < -0.4 is 10.1 Å². The van der Waals surface area contributed by atoms with Gasteiger partial charge in [0.15, 0.2) is 11.9 Å². The van der Waals surface area contributed by atoms with Crippen LogP contribution >= 0.6 is 11.8 Å². The number of aromatic nitrogens is 3. The summed E-state index contributed by atoms with van der Waals surface area (Å²) in [6.45, 7) is 2.21. The SMILES string of the molecule is CCCCCCSc1nnc2c(n1)O[C@H](/C=C/c1ccco1)Nc1ccccc1-2. The molecule has 1 aliphatic rings. The third kappa shape index (κ3) is 4.98. The third-order valence-corrected chi connectivity index (χ3v) is 5.49. The molecule has 3 heterocycles. The first-order valence-corrected chi connectivity index (χ1v) is 10.9. The molecule has 3 aromatic rings. The average Bonchev–Trinajstić information content (AvgIpc) is 3.21.